The Morgan fingerprint density at radius 1 is 0.458 bits per heavy atom. The van der Waals surface area contributed by atoms with E-state index in [2.05, 4.69) is 29.7 Å². The Kier molecular flexibility index (Phi) is 30.4. The van der Waals surface area contributed by atoms with Crippen LogP contribution in [0.1, 0.15) is 70.6 Å². The second-order valence-electron chi connectivity index (χ2n) is 13.8. The molecular formula is C29H73B6N7O6. The zero-order chi connectivity index (χ0) is 36.3. The Bertz CT molecular complexity index is 679. The minimum absolute atomic E-state index is 0.290. The largest absolute Gasteiger partial charge is 0.437 e. The highest BCUT2D eigenvalue weighted by atomic mass is 16.2. The van der Waals surface area contributed by atoms with Gasteiger partial charge in [-0.2, -0.15) is 0 Å². The smallest absolute Gasteiger partial charge is 0.376 e. The molecule has 0 saturated heterocycles. The SMILES string of the molecule is CB(O)NCCCN(CCCCN(CC(CCCCCCN)CN(CCCCN(CCCNB(C)O)B(C)O)B(C)O)B(C)O)B(C)O. The van der Waals surface area contributed by atoms with E-state index in [1.54, 1.807) is 27.3 Å². The quantitative estimate of drug-likeness (QED) is 0.0325. The predicted molar refractivity (Wildman–Crippen MR) is 209 cm³/mol. The summed E-state index contributed by atoms with van der Waals surface area (Å²) in [6.45, 7) is 18.8. The Morgan fingerprint density at radius 3 is 1.12 bits per heavy atom. The van der Waals surface area contributed by atoms with E-state index < -0.39 is 42.3 Å². The van der Waals surface area contributed by atoms with Gasteiger partial charge in [-0.05, 0) is 170 Å². The van der Waals surface area contributed by atoms with Gasteiger partial charge >= 0.3 is 42.3 Å². The molecule has 0 fully saturated rings. The molecule has 19 heteroatoms. The van der Waals surface area contributed by atoms with Crippen LogP contribution in [0.4, 0.5) is 0 Å². The van der Waals surface area contributed by atoms with Gasteiger partial charge in [-0.3, -0.25) is 0 Å². The summed E-state index contributed by atoms with van der Waals surface area (Å²) in [6.07, 6.45) is 10.7. The first-order valence-electron chi connectivity index (χ1n) is 19.0. The third-order valence-corrected chi connectivity index (χ3v) is 9.07. The van der Waals surface area contributed by atoms with E-state index in [9.17, 15) is 30.1 Å². The van der Waals surface area contributed by atoms with E-state index in [0.29, 0.717) is 19.6 Å². The highest BCUT2D eigenvalue weighted by Gasteiger charge is 2.25. The maximum Gasteiger partial charge on any atom is 0.376 e. The second kappa shape index (κ2) is 30.5. The average molecular weight is 681 g/mol. The third kappa shape index (κ3) is 26.6. The first-order valence-corrected chi connectivity index (χ1v) is 19.0. The maximum absolute atomic E-state index is 10.7. The number of nitrogens with zero attached hydrogens (tertiary/aromatic N) is 4. The zero-order valence-corrected chi connectivity index (χ0v) is 31.6. The van der Waals surface area contributed by atoms with Crippen molar-refractivity contribution in [1.82, 2.24) is 29.7 Å². The summed E-state index contributed by atoms with van der Waals surface area (Å²) < 4.78 is 0. The number of nitrogens with one attached hydrogen (secondary N) is 2. The Labute approximate surface area is 296 Å². The van der Waals surface area contributed by atoms with Crippen LogP contribution in [0.15, 0.2) is 0 Å². The highest BCUT2D eigenvalue weighted by molar-refractivity contribution is 6.46. The molecule has 0 rings (SSSR count). The summed E-state index contributed by atoms with van der Waals surface area (Å²) in [4.78, 5) is 8.40. The van der Waals surface area contributed by atoms with Crippen molar-refractivity contribution in [3.8, 4) is 0 Å². The number of unbranched alkanes of at least 4 members (excludes halogenated alkanes) is 5. The first-order chi connectivity index (χ1) is 22.8. The molecular weight excluding hydrogens is 607 g/mol. The van der Waals surface area contributed by atoms with Crippen molar-refractivity contribution in [1.29, 1.82) is 0 Å². The van der Waals surface area contributed by atoms with Crippen molar-refractivity contribution in [2.45, 2.75) is 112 Å². The van der Waals surface area contributed by atoms with Gasteiger partial charge < -0.3 is 65.6 Å². The molecule has 0 aromatic heterocycles. The standard InChI is InChI=1S/C29H73B6N7O6/c1-30(43)37-19-15-25-39(32(3)45)21-11-13-23-41(34(5)47)27-29(17-9-7-8-10-18-36)28-42(35(6)48)24-14-12-22-40(33(4)46)26-16-20-38-31(2)44/h29,37-38,43-48H,7-28,36H2,1-6H3. The molecule has 0 spiro atoms. The van der Waals surface area contributed by atoms with Crippen molar-refractivity contribution in [3.63, 3.8) is 0 Å². The van der Waals surface area contributed by atoms with E-state index >= 15 is 0 Å². The molecule has 0 heterocycles. The van der Waals surface area contributed by atoms with Crippen LogP contribution in [-0.4, -0.2) is 164 Å². The van der Waals surface area contributed by atoms with Gasteiger partial charge in [0.2, 0.25) is 0 Å². The van der Waals surface area contributed by atoms with E-state index in [-0.39, 0.29) is 5.92 Å². The van der Waals surface area contributed by atoms with Crippen LogP contribution >= 0.6 is 0 Å². The predicted octanol–water partition coefficient (Wildman–Crippen LogP) is -0.0986. The molecule has 0 aromatic rings. The van der Waals surface area contributed by atoms with Crippen LogP contribution in [-0.2, 0) is 0 Å². The van der Waals surface area contributed by atoms with Gasteiger partial charge in [0, 0.05) is 0 Å². The van der Waals surface area contributed by atoms with Crippen molar-refractivity contribution in [2.24, 2.45) is 11.7 Å². The number of hydrogen-bond donors (Lipinski definition) is 9. The first kappa shape index (κ1) is 47.9. The lowest BCUT2D eigenvalue weighted by Crippen LogP contribution is -2.47. The van der Waals surface area contributed by atoms with Gasteiger partial charge in [-0.1, -0.05) is 19.3 Å². The minimum atomic E-state index is -0.577. The molecule has 0 bridgehead atoms. The van der Waals surface area contributed by atoms with Gasteiger partial charge in [0.1, 0.15) is 0 Å². The van der Waals surface area contributed by atoms with Crippen molar-refractivity contribution >= 4 is 42.3 Å². The highest BCUT2D eigenvalue weighted by Crippen LogP contribution is 2.17. The summed E-state index contributed by atoms with van der Waals surface area (Å²) >= 11 is 0. The van der Waals surface area contributed by atoms with Gasteiger partial charge in [0.25, 0.3) is 0 Å². The van der Waals surface area contributed by atoms with Crippen molar-refractivity contribution < 1.29 is 30.1 Å². The van der Waals surface area contributed by atoms with Crippen molar-refractivity contribution in [2.75, 3.05) is 72.0 Å². The van der Waals surface area contributed by atoms with Crippen LogP contribution < -0.4 is 16.2 Å². The number of rotatable bonds is 34. The number of hydrogen-bond acceptors (Lipinski definition) is 13. The van der Waals surface area contributed by atoms with Crippen LogP contribution in [0.25, 0.3) is 0 Å². The lowest BCUT2D eigenvalue weighted by atomic mass is 9.80. The Balaban J connectivity index is 5.13. The molecule has 278 valence electrons. The van der Waals surface area contributed by atoms with Gasteiger partial charge in [0.05, 0.1) is 0 Å². The molecule has 0 amide bonds. The fourth-order valence-corrected chi connectivity index (χ4v) is 6.11. The molecule has 48 heavy (non-hydrogen) atoms. The van der Waals surface area contributed by atoms with Gasteiger partial charge in [-0.25, -0.2) is 0 Å². The second-order valence-corrected chi connectivity index (χ2v) is 13.8. The van der Waals surface area contributed by atoms with Crippen LogP contribution in [0.3, 0.4) is 0 Å². The monoisotopic (exact) mass is 682 g/mol. The molecule has 13 nitrogen and oxygen atoms in total. The minimum Gasteiger partial charge on any atom is -0.437 e. The van der Waals surface area contributed by atoms with Crippen molar-refractivity contribution in [3.05, 3.63) is 0 Å². The zero-order valence-electron chi connectivity index (χ0n) is 31.6. The summed E-state index contributed by atoms with van der Waals surface area (Å²) in [6, 6.07) is 0. The van der Waals surface area contributed by atoms with E-state index in [1.165, 1.54) is 0 Å². The maximum atomic E-state index is 10.7. The summed E-state index contributed by atoms with van der Waals surface area (Å²) in [7, 11) is -3.30. The molecule has 0 aliphatic heterocycles. The van der Waals surface area contributed by atoms with E-state index in [0.717, 1.165) is 123 Å². The summed E-state index contributed by atoms with van der Waals surface area (Å²) in [5, 5.41) is 66.8. The summed E-state index contributed by atoms with van der Waals surface area (Å²) in [5.41, 5.74) is 5.71. The average Bonchev–Trinajstić information content (AvgIpc) is 3.00. The Hall–Kier alpha value is -0.130. The fraction of sp³-hybridized carbons (Fsp3) is 1.00. The van der Waals surface area contributed by atoms with Crippen LogP contribution in [0.5, 0.6) is 0 Å². The number of nitrogens with two attached hydrogens (primary N) is 1. The third-order valence-electron chi connectivity index (χ3n) is 9.07. The molecule has 0 aliphatic rings. The lowest BCUT2D eigenvalue weighted by Gasteiger charge is -2.33. The lowest BCUT2D eigenvalue weighted by molar-refractivity contribution is 0.234. The molecule has 0 atom stereocenters. The molecule has 0 aromatic carbocycles. The molecule has 0 saturated carbocycles. The molecule has 0 unspecified atom stereocenters. The molecule has 10 N–H and O–H groups in total. The van der Waals surface area contributed by atoms with Crippen LogP contribution in [0, 0.1) is 5.92 Å². The normalized spacial score (nSPS) is 11.9. The van der Waals surface area contributed by atoms with Crippen LogP contribution in [0.2, 0.25) is 40.9 Å². The molecule has 0 aliphatic carbocycles. The van der Waals surface area contributed by atoms with Gasteiger partial charge in [0.15, 0.2) is 0 Å². The fourth-order valence-electron chi connectivity index (χ4n) is 6.11. The Morgan fingerprint density at radius 2 is 0.792 bits per heavy atom. The van der Waals surface area contributed by atoms with Gasteiger partial charge in [-0.15, -0.1) is 0 Å². The molecule has 0 radical (unpaired) electrons. The summed E-state index contributed by atoms with van der Waals surface area (Å²) in [5.74, 6) is 0.290. The topological polar surface area (TPSA) is 184 Å². The van der Waals surface area contributed by atoms with E-state index in [4.69, 9.17) is 5.73 Å². The van der Waals surface area contributed by atoms with E-state index in [1.807, 2.05) is 13.6 Å².